The van der Waals surface area contributed by atoms with Gasteiger partial charge in [0.1, 0.15) is 0 Å². The number of hydrogen-bond acceptors (Lipinski definition) is 5. The highest BCUT2D eigenvalue weighted by Crippen LogP contribution is 2.21. The highest BCUT2D eigenvalue weighted by Gasteiger charge is 2.26. The maximum atomic E-state index is 13.3. The molecule has 0 aliphatic carbocycles. The first-order valence-corrected chi connectivity index (χ1v) is 13.5. The predicted octanol–water partition coefficient (Wildman–Crippen LogP) is 5.30. The first-order chi connectivity index (χ1) is 19.4. The van der Waals surface area contributed by atoms with Crippen molar-refractivity contribution in [2.45, 2.75) is 45.8 Å². The second kappa shape index (κ2) is 13.4. The molecule has 2 atom stereocenters. The van der Waals surface area contributed by atoms with Crippen LogP contribution in [0.4, 0.5) is 4.79 Å². The maximum absolute atomic E-state index is 13.3. The van der Waals surface area contributed by atoms with Crippen LogP contribution in [0.25, 0.3) is 10.8 Å². The molecule has 8 nitrogen and oxygen atoms in total. The average Bonchev–Trinajstić information content (AvgIpc) is 3.41. The van der Waals surface area contributed by atoms with E-state index in [1.165, 1.54) is 7.11 Å². The summed E-state index contributed by atoms with van der Waals surface area (Å²) >= 11 is 0. The van der Waals surface area contributed by atoms with Crippen LogP contribution in [0.5, 0.6) is 0 Å². The smallest absolute Gasteiger partial charge is 0.409 e. The normalized spacial score (nSPS) is 12.3. The first kappa shape index (κ1) is 28.4. The number of fused-ring (bicyclic) bond motifs is 1. The molecule has 1 aromatic heterocycles. The number of ether oxygens (including phenoxy) is 1. The number of aromatic nitrogens is 2. The fourth-order valence-corrected chi connectivity index (χ4v) is 4.80. The highest BCUT2D eigenvalue weighted by molar-refractivity contribution is 5.86. The number of methoxy groups -OCH3 is 1. The summed E-state index contributed by atoms with van der Waals surface area (Å²) in [6.45, 7) is 5.39. The van der Waals surface area contributed by atoms with E-state index in [2.05, 4.69) is 48.4 Å². The van der Waals surface area contributed by atoms with Gasteiger partial charge in [0.05, 0.1) is 31.5 Å². The number of rotatable bonds is 11. The van der Waals surface area contributed by atoms with Gasteiger partial charge < -0.3 is 19.5 Å². The third kappa shape index (κ3) is 7.06. The minimum Gasteiger partial charge on any atom is -0.453 e. The van der Waals surface area contributed by atoms with Crippen molar-refractivity contribution in [1.82, 2.24) is 19.8 Å². The van der Waals surface area contributed by atoms with Gasteiger partial charge in [-0.15, -0.1) is 0 Å². The number of carbonyl (C=O) groups is 2. The molecule has 0 fully saturated rings. The summed E-state index contributed by atoms with van der Waals surface area (Å²) in [5.74, 6) is -0.00552. The Balaban J connectivity index is 1.47. The van der Waals surface area contributed by atoms with Gasteiger partial charge in [-0.1, -0.05) is 74.9 Å². The topological polar surface area (TPSA) is 100 Å². The molecule has 0 aliphatic rings. The molecule has 1 heterocycles. The summed E-state index contributed by atoms with van der Waals surface area (Å²) in [6.07, 6.45) is 3.96. The van der Waals surface area contributed by atoms with E-state index in [-0.39, 0.29) is 24.3 Å². The lowest BCUT2D eigenvalue weighted by Crippen LogP contribution is -2.49. The third-order valence-corrected chi connectivity index (χ3v) is 7.34. The van der Waals surface area contributed by atoms with Crippen LogP contribution in [0.3, 0.4) is 0 Å². The van der Waals surface area contributed by atoms with E-state index in [0.29, 0.717) is 25.2 Å². The monoisotopic (exact) mass is 537 g/mol. The van der Waals surface area contributed by atoms with Crippen LogP contribution < -0.4 is 5.32 Å². The number of nitrogens with one attached hydrogen (secondary N) is 1. The van der Waals surface area contributed by atoms with Gasteiger partial charge in [0, 0.05) is 37.6 Å². The fraction of sp³-hybridized carbons (Fsp3) is 0.312. The molecule has 8 heteroatoms. The Labute approximate surface area is 235 Å². The number of imidazole rings is 1. The van der Waals surface area contributed by atoms with Crippen LogP contribution in [0.1, 0.15) is 42.7 Å². The van der Waals surface area contributed by atoms with Gasteiger partial charge in [-0.05, 0) is 39.9 Å². The molecule has 2 amide bonds. The zero-order valence-electron chi connectivity index (χ0n) is 23.2. The van der Waals surface area contributed by atoms with Crippen molar-refractivity contribution in [1.29, 1.82) is 5.26 Å². The van der Waals surface area contributed by atoms with Crippen LogP contribution in [-0.4, -0.2) is 46.1 Å². The number of nitrogens with zero attached hydrogens (tertiary/aromatic N) is 4. The van der Waals surface area contributed by atoms with Crippen LogP contribution in [0, 0.1) is 17.2 Å². The zero-order chi connectivity index (χ0) is 28.5. The van der Waals surface area contributed by atoms with Crippen molar-refractivity contribution in [2.24, 2.45) is 5.92 Å². The Bertz CT molecular complexity index is 1480. The molecular weight excluding hydrogens is 502 g/mol. The molecule has 0 saturated carbocycles. The van der Waals surface area contributed by atoms with Crippen molar-refractivity contribution < 1.29 is 14.3 Å². The van der Waals surface area contributed by atoms with Crippen LogP contribution in [0.15, 0.2) is 79.3 Å². The molecule has 4 aromatic rings. The lowest BCUT2D eigenvalue weighted by Gasteiger charge is -2.31. The summed E-state index contributed by atoms with van der Waals surface area (Å²) < 4.78 is 7.06. The average molecular weight is 538 g/mol. The van der Waals surface area contributed by atoms with Crippen molar-refractivity contribution >= 4 is 22.8 Å². The molecule has 206 valence electrons. The largest absolute Gasteiger partial charge is 0.453 e. The Morgan fingerprint density at radius 2 is 1.85 bits per heavy atom. The van der Waals surface area contributed by atoms with Gasteiger partial charge in [0.15, 0.2) is 0 Å². The van der Waals surface area contributed by atoms with Gasteiger partial charge in [-0.2, -0.15) is 5.26 Å². The number of carbonyl (C=O) groups excluding carboxylic acids is 2. The lowest BCUT2D eigenvalue weighted by atomic mass is 9.97. The van der Waals surface area contributed by atoms with E-state index in [4.69, 9.17) is 10.00 Å². The predicted molar refractivity (Wildman–Crippen MR) is 154 cm³/mol. The maximum Gasteiger partial charge on any atom is 0.409 e. The number of hydrogen-bond donors (Lipinski definition) is 1. The van der Waals surface area contributed by atoms with E-state index in [1.807, 2.05) is 41.0 Å². The third-order valence-electron chi connectivity index (χ3n) is 7.34. The summed E-state index contributed by atoms with van der Waals surface area (Å²) in [7, 11) is 1.38. The summed E-state index contributed by atoms with van der Waals surface area (Å²) in [6, 6.07) is 23.4. The molecule has 0 saturated heterocycles. The van der Waals surface area contributed by atoms with E-state index >= 15 is 0 Å². The summed E-state index contributed by atoms with van der Waals surface area (Å²) in [5, 5.41) is 14.4. The van der Waals surface area contributed by atoms with Crippen molar-refractivity contribution in [3.63, 3.8) is 0 Å². The molecule has 40 heavy (non-hydrogen) atoms. The van der Waals surface area contributed by atoms with E-state index < -0.39 is 6.09 Å². The minimum atomic E-state index is -0.434. The highest BCUT2D eigenvalue weighted by atomic mass is 16.5. The van der Waals surface area contributed by atoms with E-state index in [1.54, 1.807) is 29.6 Å². The molecule has 0 unspecified atom stereocenters. The van der Waals surface area contributed by atoms with Crippen LogP contribution in [-0.2, 0) is 29.0 Å². The Morgan fingerprint density at radius 3 is 2.58 bits per heavy atom. The Morgan fingerprint density at radius 1 is 1.10 bits per heavy atom. The van der Waals surface area contributed by atoms with Gasteiger partial charge in [-0.3, -0.25) is 4.79 Å². The zero-order valence-corrected chi connectivity index (χ0v) is 23.2. The Kier molecular flexibility index (Phi) is 9.53. The Hall–Kier alpha value is -4.64. The SMILES string of the molecule is CC[C@H](C)[C@@H](CN(Cc1cccc2ccccc12)C(=O)OC)NC(=O)Cc1cncn1Cc1ccc(C#N)cc1. The molecule has 0 radical (unpaired) electrons. The minimum absolute atomic E-state index is 0.132. The summed E-state index contributed by atoms with van der Waals surface area (Å²) in [5.41, 5.74) is 3.42. The first-order valence-electron chi connectivity index (χ1n) is 13.5. The molecular formula is C32H35N5O3. The van der Waals surface area contributed by atoms with E-state index in [0.717, 1.165) is 34.0 Å². The number of nitriles is 1. The standard InChI is InChI=1S/C32H35N5O3/c1-4-23(2)30(21-36(32(39)40-3)20-27-10-7-9-26-8-5-6-11-29(26)27)35-31(38)16-28-18-34-22-37(28)19-25-14-12-24(17-33)13-15-25/h5-15,18,22-23,30H,4,16,19-21H2,1-3H3,(H,35,38)/t23-,30+/m0/s1. The second-order valence-corrected chi connectivity index (χ2v) is 10.0. The molecule has 4 rings (SSSR count). The lowest BCUT2D eigenvalue weighted by molar-refractivity contribution is -0.121. The summed E-state index contributed by atoms with van der Waals surface area (Å²) in [4.78, 5) is 32.0. The van der Waals surface area contributed by atoms with Crippen molar-refractivity contribution in [2.75, 3.05) is 13.7 Å². The van der Waals surface area contributed by atoms with Gasteiger partial charge >= 0.3 is 6.09 Å². The van der Waals surface area contributed by atoms with Gasteiger partial charge in [-0.25, -0.2) is 9.78 Å². The van der Waals surface area contributed by atoms with Crippen molar-refractivity contribution in [3.8, 4) is 6.07 Å². The van der Waals surface area contributed by atoms with Crippen LogP contribution >= 0.6 is 0 Å². The quantitative estimate of drug-likeness (QED) is 0.280. The molecule has 0 spiro atoms. The van der Waals surface area contributed by atoms with Crippen LogP contribution in [0.2, 0.25) is 0 Å². The second-order valence-electron chi connectivity index (χ2n) is 10.0. The fourth-order valence-electron chi connectivity index (χ4n) is 4.80. The molecule has 0 aliphatic heterocycles. The van der Waals surface area contributed by atoms with Gasteiger partial charge in [0.25, 0.3) is 0 Å². The van der Waals surface area contributed by atoms with Gasteiger partial charge in [0.2, 0.25) is 5.91 Å². The molecule has 0 bridgehead atoms. The number of amides is 2. The molecule has 3 aromatic carbocycles. The van der Waals surface area contributed by atoms with E-state index in [9.17, 15) is 9.59 Å². The number of benzene rings is 3. The molecule has 1 N–H and O–H groups in total. The van der Waals surface area contributed by atoms with Crippen molar-refractivity contribution in [3.05, 3.63) is 102 Å².